The van der Waals surface area contributed by atoms with Gasteiger partial charge < -0.3 is 0 Å². The Morgan fingerprint density at radius 2 is 0.909 bits per heavy atom. The zero-order valence-electron chi connectivity index (χ0n) is 13.6. The van der Waals surface area contributed by atoms with E-state index >= 15 is 0 Å². The summed E-state index contributed by atoms with van der Waals surface area (Å²) in [7, 11) is 0. The van der Waals surface area contributed by atoms with Crippen molar-refractivity contribution in [1.82, 2.24) is 0 Å². The molecule has 0 aliphatic heterocycles. The highest BCUT2D eigenvalue weighted by atomic mass is 14.0. The van der Waals surface area contributed by atoms with Crippen molar-refractivity contribution < 1.29 is 0 Å². The largest absolute Gasteiger partial charge is 0.0885 e. The molecule has 0 spiro atoms. The van der Waals surface area contributed by atoms with Crippen molar-refractivity contribution in [2.45, 2.75) is 51.4 Å². The van der Waals surface area contributed by atoms with Crippen LogP contribution in [0.1, 0.15) is 49.7 Å². The second-order valence-corrected chi connectivity index (χ2v) is 5.93. The normalized spacial score (nSPS) is 15.8. The monoisotopic (exact) mass is 292 g/mol. The summed E-state index contributed by atoms with van der Waals surface area (Å²) < 4.78 is 0. The Kier molecular flexibility index (Phi) is 8.16. The van der Waals surface area contributed by atoms with E-state index in [1.54, 1.807) is 0 Å². The lowest BCUT2D eigenvalue weighted by Crippen LogP contribution is -1.89. The molecule has 0 amide bonds. The van der Waals surface area contributed by atoms with E-state index in [4.69, 9.17) is 0 Å². The average Bonchev–Trinajstić information content (AvgIpc) is 2.55. The van der Waals surface area contributed by atoms with Crippen molar-refractivity contribution in [2.24, 2.45) is 0 Å². The molecule has 1 aliphatic carbocycles. The minimum absolute atomic E-state index is 1.13. The van der Waals surface area contributed by atoms with Crippen molar-refractivity contribution in [1.29, 1.82) is 0 Å². The maximum Gasteiger partial charge on any atom is -0.0238 e. The van der Waals surface area contributed by atoms with Gasteiger partial charge in [-0.1, -0.05) is 85.7 Å². The Balaban J connectivity index is 0.000000188. The Labute approximate surface area is 135 Å². The van der Waals surface area contributed by atoms with Crippen molar-refractivity contribution in [3.8, 4) is 0 Å². The van der Waals surface area contributed by atoms with E-state index in [2.05, 4.69) is 72.8 Å². The van der Waals surface area contributed by atoms with E-state index in [9.17, 15) is 0 Å². The fourth-order valence-electron chi connectivity index (χ4n) is 2.69. The standard InChI is InChI=1S/C14H14.C8H14/c1-3-7-13(8-4-1)11-12-14-9-5-2-6-10-14;1-2-4-6-8-7-5-3-1/h1-10H,11-12H2;1-2H,3-8H2/b;2-1-. The zero-order valence-corrected chi connectivity index (χ0v) is 13.6. The SMILES string of the molecule is C1=C\CCCCCC/1.c1ccc(CCc2ccccc2)cc1. The molecular formula is C22H28. The topological polar surface area (TPSA) is 0 Å². The van der Waals surface area contributed by atoms with Crippen molar-refractivity contribution >= 4 is 0 Å². The lowest BCUT2D eigenvalue weighted by Gasteiger charge is -2.01. The number of hydrogen-bond donors (Lipinski definition) is 0. The predicted molar refractivity (Wildman–Crippen MR) is 97.1 cm³/mol. The average molecular weight is 292 g/mol. The van der Waals surface area contributed by atoms with Crippen LogP contribution in [-0.2, 0) is 12.8 Å². The van der Waals surface area contributed by atoms with Gasteiger partial charge in [0.25, 0.3) is 0 Å². The van der Waals surface area contributed by atoms with Gasteiger partial charge in [-0.2, -0.15) is 0 Å². The van der Waals surface area contributed by atoms with Gasteiger partial charge in [-0.15, -0.1) is 0 Å². The van der Waals surface area contributed by atoms with Crippen LogP contribution in [0, 0.1) is 0 Å². The summed E-state index contributed by atoms with van der Waals surface area (Å²) in [6.07, 6.45) is 15.3. The molecule has 0 saturated carbocycles. The first kappa shape index (κ1) is 16.5. The van der Waals surface area contributed by atoms with Crippen LogP contribution in [0.4, 0.5) is 0 Å². The molecule has 0 N–H and O–H groups in total. The van der Waals surface area contributed by atoms with Crippen molar-refractivity contribution in [2.75, 3.05) is 0 Å². The number of benzene rings is 2. The van der Waals surface area contributed by atoms with Crippen LogP contribution in [0.5, 0.6) is 0 Å². The van der Waals surface area contributed by atoms with Gasteiger partial charge in [0, 0.05) is 0 Å². The molecule has 0 heterocycles. The third-order valence-corrected chi connectivity index (χ3v) is 4.05. The maximum atomic E-state index is 2.32. The molecule has 2 aromatic rings. The van der Waals surface area contributed by atoms with E-state index in [-0.39, 0.29) is 0 Å². The molecule has 0 fully saturated rings. The Morgan fingerprint density at radius 3 is 1.32 bits per heavy atom. The van der Waals surface area contributed by atoms with Gasteiger partial charge in [-0.25, -0.2) is 0 Å². The van der Waals surface area contributed by atoms with Gasteiger partial charge in [0.2, 0.25) is 0 Å². The summed E-state index contributed by atoms with van der Waals surface area (Å²) >= 11 is 0. The maximum absolute atomic E-state index is 2.32. The van der Waals surface area contributed by atoms with Crippen LogP contribution in [0.2, 0.25) is 0 Å². The molecule has 0 bridgehead atoms. The third kappa shape index (κ3) is 7.26. The van der Waals surface area contributed by atoms with Gasteiger partial charge in [0.05, 0.1) is 0 Å². The zero-order chi connectivity index (χ0) is 15.3. The minimum Gasteiger partial charge on any atom is -0.0885 e. The van der Waals surface area contributed by atoms with Crippen LogP contribution < -0.4 is 0 Å². The number of rotatable bonds is 3. The van der Waals surface area contributed by atoms with Crippen LogP contribution in [0.3, 0.4) is 0 Å². The molecule has 0 atom stereocenters. The first-order chi connectivity index (χ1) is 10.9. The molecular weight excluding hydrogens is 264 g/mol. The molecule has 116 valence electrons. The van der Waals surface area contributed by atoms with Gasteiger partial charge in [-0.3, -0.25) is 0 Å². The van der Waals surface area contributed by atoms with E-state index < -0.39 is 0 Å². The lowest BCUT2D eigenvalue weighted by molar-refractivity contribution is 0.638. The van der Waals surface area contributed by atoms with Crippen LogP contribution in [0.25, 0.3) is 0 Å². The van der Waals surface area contributed by atoms with Crippen molar-refractivity contribution in [3.05, 3.63) is 83.9 Å². The summed E-state index contributed by atoms with van der Waals surface area (Å²) in [6.45, 7) is 0. The lowest BCUT2D eigenvalue weighted by atomic mass is 10.0. The van der Waals surface area contributed by atoms with E-state index in [0.29, 0.717) is 0 Å². The summed E-state index contributed by atoms with van der Waals surface area (Å²) in [5.41, 5.74) is 2.83. The summed E-state index contributed by atoms with van der Waals surface area (Å²) in [5, 5.41) is 0. The highest BCUT2D eigenvalue weighted by Gasteiger charge is 1.93. The van der Waals surface area contributed by atoms with Gasteiger partial charge >= 0.3 is 0 Å². The minimum atomic E-state index is 1.13. The van der Waals surface area contributed by atoms with E-state index in [1.807, 2.05) is 0 Å². The fourth-order valence-corrected chi connectivity index (χ4v) is 2.69. The van der Waals surface area contributed by atoms with E-state index in [1.165, 1.54) is 49.7 Å². The molecule has 1 aliphatic rings. The quantitative estimate of drug-likeness (QED) is 0.577. The fraction of sp³-hybridized carbons (Fsp3) is 0.364. The predicted octanol–water partition coefficient (Wildman–Crippen LogP) is 6.37. The molecule has 22 heavy (non-hydrogen) atoms. The summed E-state index contributed by atoms with van der Waals surface area (Å²) in [4.78, 5) is 0. The van der Waals surface area contributed by atoms with Gasteiger partial charge in [0.15, 0.2) is 0 Å². The summed E-state index contributed by atoms with van der Waals surface area (Å²) in [6, 6.07) is 21.2. The first-order valence-electron chi connectivity index (χ1n) is 8.68. The van der Waals surface area contributed by atoms with Crippen LogP contribution in [-0.4, -0.2) is 0 Å². The molecule has 3 rings (SSSR count). The van der Waals surface area contributed by atoms with Crippen molar-refractivity contribution in [3.63, 3.8) is 0 Å². The molecule has 0 saturated heterocycles. The number of hydrogen-bond acceptors (Lipinski definition) is 0. The second-order valence-electron chi connectivity index (χ2n) is 5.93. The molecule has 0 unspecified atom stereocenters. The van der Waals surface area contributed by atoms with E-state index in [0.717, 1.165) is 12.8 Å². The Hall–Kier alpha value is -1.82. The van der Waals surface area contributed by atoms with Gasteiger partial charge in [0.1, 0.15) is 0 Å². The van der Waals surface area contributed by atoms with Gasteiger partial charge in [-0.05, 0) is 49.7 Å². The molecule has 0 heteroatoms. The third-order valence-electron chi connectivity index (χ3n) is 4.05. The highest BCUT2D eigenvalue weighted by Crippen LogP contribution is 2.10. The number of aryl methyl sites for hydroxylation is 2. The number of allylic oxidation sites excluding steroid dienone is 2. The highest BCUT2D eigenvalue weighted by molar-refractivity contribution is 5.19. The Bertz CT molecular complexity index is 461. The molecule has 0 aromatic heterocycles. The molecule has 2 aromatic carbocycles. The second kappa shape index (κ2) is 10.8. The first-order valence-corrected chi connectivity index (χ1v) is 8.68. The molecule has 0 radical (unpaired) electrons. The van der Waals surface area contributed by atoms with Crippen LogP contribution in [0.15, 0.2) is 72.8 Å². The van der Waals surface area contributed by atoms with Crippen LogP contribution >= 0.6 is 0 Å². The molecule has 0 nitrogen and oxygen atoms in total. The smallest absolute Gasteiger partial charge is 0.0238 e. The summed E-state index contributed by atoms with van der Waals surface area (Å²) in [5.74, 6) is 0. The Morgan fingerprint density at radius 1 is 0.500 bits per heavy atom.